The third-order valence-corrected chi connectivity index (χ3v) is 5.41. The second-order valence-corrected chi connectivity index (χ2v) is 7.66. The molecule has 0 aliphatic carbocycles. The van der Waals surface area contributed by atoms with Crippen molar-refractivity contribution >= 4 is 5.97 Å². The zero-order chi connectivity index (χ0) is 24.1. The van der Waals surface area contributed by atoms with Gasteiger partial charge in [0.1, 0.15) is 34.6 Å². The number of methoxy groups -OCH3 is 1. The van der Waals surface area contributed by atoms with E-state index in [1.54, 1.807) is 49.6 Å². The van der Waals surface area contributed by atoms with Gasteiger partial charge in [-0.3, -0.25) is 0 Å². The third kappa shape index (κ3) is 4.66. The van der Waals surface area contributed by atoms with Crippen LogP contribution in [-0.2, 0) is 0 Å². The van der Waals surface area contributed by atoms with Crippen molar-refractivity contribution in [2.45, 2.75) is 19.3 Å². The summed E-state index contributed by atoms with van der Waals surface area (Å²) in [6.07, 6.45) is 0.915. The van der Waals surface area contributed by atoms with E-state index < -0.39 is 11.9 Å². The number of allylic oxidation sites excluding steroid dienone is 1. The molecular formula is C27H24N2O5. The molecule has 1 aliphatic heterocycles. The lowest BCUT2D eigenvalue weighted by atomic mass is 9.83. The number of esters is 1. The molecule has 3 aromatic carbocycles. The molecule has 0 bridgehead atoms. The van der Waals surface area contributed by atoms with Crippen molar-refractivity contribution in [3.8, 4) is 29.1 Å². The van der Waals surface area contributed by atoms with Gasteiger partial charge in [-0.25, -0.2) is 4.79 Å². The Morgan fingerprint density at radius 2 is 1.71 bits per heavy atom. The maximum absolute atomic E-state index is 12.5. The predicted octanol–water partition coefficient (Wildman–Crippen LogP) is 4.92. The van der Waals surface area contributed by atoms with Crippen LogP contribution >= 0.6 is 0 Å². The molecule has 0 spiro atoms. The summed E-state index contributed by atoms with van der Waals surface area (Å²) in [5, 5.41) is 9.76. The van der Waals surface area contributed by atoms with Gasteiger partial charge in [-0.15, -0.1) is 0 Å². The second-order valence-electron chi connectivity index (χ2n) is 7.66. The molecule has 2 N–H and O–H groups in total. The minimum absolute atomic E-state index is 0.0185. The Hall–Kier alpha value is -4.44. The van der Waals surface area contributed by atoms with Gasteiger partial charge in [0.2, 0.25) is 5.88 Å². The van der Waals surface area contributed by atoms with E-state index >= 15 is 0 Å². The Balaban J connectivity index is 1.61. The predicted molar refractivity (Wildman–Crippen MR) is 126 cm³/mol. The van der Waals surface area contributed by atoms with Crippen molar-refractivity contribution in [3.63, 3.8) is 0 Å². The van der Waals surface area contributed by atoms with Crippen LogP contribution in [0.3, 0.4) is 0 Å². The van der Waals surface area contributed by atoms with E-state index in [1.165, 1.54) is 0 Å². The van der Waals surface area contributed by atoms with Gasteiger partial charge in [-0.05, 0) is 54.4 Å². The minimum atomic E-state index is -0.515. The number of carbonyl (C=O) groups is 1. The first-order valence-corrected chi connectivity index (χ1v) is 10.8. The van der Waals surface area contributed by atoms with E-state index in [0.717, 1.165) is 23.3 Å². The van der Waals surface area contributed by atoms with Crippen molar-refractivity contribution in [2.24, 2.45) is 5.73 Å². The molecule has 0 fully saturated rings. The number of nitrogens with two attached hydrogens (primary N) is 1. The van der Waals surface area contributed by atoms with Crippen LogP contribution in [0.25, 0.3) is 0 Å². The Bertz CT molecular complexity index is 1260. The van der Waals surface area contributed by atoms with Gasteiger partial charge in [0, 0.05) is 11.6 Å². The molecule has 0 aromatic heterocycles. The molecule has 1 unspecified atom stereocenters. The van der Waals surface area contributed by atoms with Gasteiger partial charge < -0.3 is 24.7 Å². The third-order valence-electron chi connectivity index (χ3n) is 5.41. The van der Waals surface area contributed by atoms with Gasteiger partial charge in [0.05, 0.1) is 25.2 Å². The number of nitrogens with zero attached hydrogens (tertiary/aromatic N) is 1. The molecule has 34 heavy (non-hydrogen) atoms. The summed E-state index contributed by atoms with van der Waals surface area (Å²) in [5.41, 5.74) is 8.41. The van der Waals surface area contributed by atoms with Crippen molar-refractivity contribution < 1.29 is 23.7 Å². The molecular weight excluding hydrogens is 432 g/mol. The average Bonchev–Trinajstić information content (AvgIpc) is 2.87. The summed E-state index contributed by atoms with van der Waals surface area (Å²) < 4.78 is 22.0. The Morgan fingerprint density at radius 1 is 1.03 bits per heavy atom. The quantitative estimate of drug-likeness (QED) is 0.397. The summed E-state index contributed by atoms with van der Waals surface area (Å²) >= 11 is 0. The molecule has 0 saturated carbocycles. The van der Waals surface area contributed by atoms with Crippen LogP contribution in [0.4, 0.5) is 0 Å². The van der Waals surface area contributed by atoms with Crippen molar-refractivity contribution in [1.82, 2.24) is 0 Å². The van der Waals surface area contributed by atoms with Gasteiger partial charge in [-0.1, -0.05) is 25.1 Å². The van der Waals surface area contributed by atoms with E-state index in [0.29, 0.717) is 35.0 Å². The first-order chi connectivity index (χ1) is 16.5. The lowest BCUT2D eigenvalue weighted by Gasteiger charge is -2.26. The van der Waals surface area contributed by atoms with E-state index in [2.05, 4.69) is 6.07 Å². The van der Waals surface area contributed by atoms with Crippen LogP contribution in [0.5, 0.6) is 23.0 Å². The summed E-state index contributed by atoms with van der Waals surface area (Å²) in [5.74, 6) is 1.21. The second kappa shape index (κ2) is 10.0. The normalized spacial score (nSPS) is 14.4. The van der Waals surface area contributed by atoms with Crippen LogP contribution in [-0.4, -0.2) is 19.7 Å². The Kier molecular flexibility index (Phi) is 6.69. The number of rotatable bonds is 7. The fourth-order valence-corrected chi connectivity index (χ4v) is 3.71. The number of hydrogen-bond acceptors (Lipinski definition) is 7. The summed E-state index contributed by atoms with van der Waals surface area (Å²) in [7, 11) is 1.56. The van der Waals surface area contributed by atoms with Gasteiger partial charge in [-0.2, -0.15) is 5.26 Å². The molecule has 172 valence electrons. The first kappa shape index (κ1) is 22.7. The highest BCUT2D eigenvalue weighted by Gasteiger charge is 2.31. The average molecular weight is 456 g/mol. The molecule has 0 radical (unpaired) electrons. The summed E-state index contributed by atoms with van der Waals surface area (Å²) in [4.78, 5) is 12.5. The number of carbonyl (C=O) groups excluding carboxylic acids is 1. The van der Waals surface area contributed by atoms with Crippen LogP contribution in [0.15, 0.2) is 78.2 Å². The highest BCUT2D eigenvalue weighted by Crippen LogP contribution is 2.43. The van der Waals surface area contributed by atoms with Gasteiger partial charge in [0.25, 0.3) is 0 Å². The summed E-state index contributed by atoms with van der Waals surface area (Å²) in [6, 6.07) is 21.4. The van der Waals surface area contributed by atoms with Crippen LogP contribution in [0.2, 0.25) is 0 Å². The molecule has 3 aromatic rings. The maximum atomic E-state index is 12.5. The summed E-state index contributed by atoms with van der Waals surface area (Å²) in [6.45, 7) is 2.68. The molecule has 1 heterocycles. The van der Waals surface area contributed by atoms with E-state index in [-0.39, 0.29) is 5.88 Å². The van der Waals surface area contributed by atoms with Crippen molar-refractivity contribution in [3.05, 3.63) is 94.9 Å². The highest BCUT2D eigenvalue weighted by molar-refractivity contribution is 5.91. The number of hydrogen-bond donors (Lipinski definition) is 1. The van der Waals surface area contributed by atoms with Crippen LogP contribution in [0, 0.1) is 11.3 Å². The van der Waals surface area contributed by atoms with Gasteiger partial charge in [0.15, 0.2) is 0 Å². The van der Waals surface area contributed by atoms with Crippen molar-refractivity contribution in [1.29, 1.82) is 5.26 Å². The smallest absolute Gasteiger partial charge is 0.343 e. The van der Waals surface area contributed by atoms with Crippen LogP contribution < -0.4 is 24.7 Å². The fourth-order valence-electron chi connectivity index (χ4n) is 3.71. The fraction of sp³-hybridized carbons (Fsp3) is 0.185. The van der Waals surface area contributed by atoms with Crippen molar-refractivity contribution in [2.75, 3.05) is 13.7 Å². The zero-order valence-corrected chi connectivity index (χ0v) is 18.9. The Morgan fingerprint density at radius 3 is 2.35 bits per heavy atom. The van der Waals surface area contributed by atoms with E-state index in [9.17, 15) is 10.1 Å². The first-order valence-electron chi connectivity index (χ1n) is 10.8. The molecule has 7 heteroatoms. The SMILES string of the molecule is CCCOc1ccc(C2C(C#N)=C(N)Oc3cc(OC(=O)c4ccc(OC)cc4)ccc32)cc1. The maximum Gasteiger partial charge on any atom is 0.343 e. The standard InChI is InChI=1S/C27H24N2O5/c1-3-14-32-20-10-4-17(5-11-20)25-22-13-12-21(15-24(22)34-26(29)23(25)16-28)33-27(30)18-6-8-19(31-2)9-7-18/h4-13,15,25H,3,14,29H2,1-2H3. The van der Waals surface area contributed by atoms with E-state index in [1.807, 2.05) is 31.2 Å². The number of ether oxygens (including phenoxy) is 4. The lowest BCUT2D eigenvalue weighted by Crippen LogP contribution is -2.21. The molecule has 0 amide bonds. The highest BCUT2D eigenvalue weighted by atomic mass is 16.5. The number of nitriles is 1. The molecule has 4 rings (SSSR count). The Labute approximate surface area is 197 Å². The zero-order valence-electron chi connectivity index (χ0n) is 18.9. The molecule has 0 saturated heterocycles. The largest absolute Gasteiger partial charge is 0.497 e. The van der Waals surface area contributed by atoms with Gasteiger partial charge >= 0.3 is 5.97 Å². The topological polar surface area (TPSA) is 104 Å². The van der Waals surface area contributed by atoms with E-state index in [4.69, 9.17) is 24.7 Å². The lowest BCUT2D eigenvalue weighted by molar-refractivity contribution is 0.0734. The van der Waals surface area contributed by atoms with Crippen LogP contribution in [0.1, 0.15) is 40.7 Å². The number of fused-ring (bicyclic) bond motifs is 1. The minimum Gasteiger partial charge on any atom is -0.497 e. The molecule has 1 atom stereocenters. The molecule has 7 nitrogen and oxygen atoms in total. The molecule has 1 aliphatic rings. The monoisotopic (exact) mass is 456 g/mol. The number of benzene rings is 3.